The number of amides is 1. The summed E-state index contributed by atoms with van der Waals surface area (Å²) in [5.41, 5.74) is 1.06. The van der Waals surface area contributed by atoms with E-state index in [1.54, 1.807) is 18.7 Å². The first-order valence-corrected chi connectivity index (χ1v) is 8.19. The number of rotatable bonds is 6. The zero-order valence-corrected chi connectivity index (χ0v) is 14.1. The van der Waals surface area contributed by atoms with Crippen LogP contribution in [0.1, 0.15) is 52.6 Å². The molecule has 2 aromatic heterocycles. The van der Waals surface area contributed by atoms with Crippen molar-refractivity contribution in [1.82, 2.24) is 24.9 Å². The molecular formula is C16H20F3N5O. The van der Waals surface area contributed by atoms with Crippen LogP contribution in [0.3, 0.4) is 0 Å². The van der Waals surface area contributed by atoms with Crippen LogP contribution in [0.25, 0.3) is 0 Å². The minimum absolute atomic E-state index is 0.177. The van der Waals surface area contributed by atoms with Gasteiger partial charge in [-0.2, -0.15) is 23.4 Å². The minimum Gasteiger partial charge on any atom is -0.352 e. The van der Waals surface area contributed by atoms with Crippen molar-refractivity contribution >= 4 is 5.91 Å². The number of nitrogens with zero attached hydrogens (tertiary/aromatic N) is 4. The summed E-state index contributed by atoms with van der Waals surface area (Å²) in [6.07, 6.45) is -0.621. The summed E-state index contributed by atoms with van der Waals surface area (Å²) in [5, 5.41) is 10.5. The smallest absolute Gasteiger partial charge is 0.352 e. The van der Waals surface area contributed by atoms with Crippen molar-refractivity contribution in [2.45, 2.75) is 44.8 Å². The highest BCUT2D eigenvalue weighted by atomic mass is 19.4. The van der Waals surface area contributed by atoms with Crippen molar-refractivity contribution in [3.8, 4) is 0 Å². The van der Waals surface area contributed by atoms with E-state index in [2.05, 4.69) is 15.5 Å². The Bertz CT molecular complexity index is 773. The molecule has 1 fully saturated rings. The van der Waals surface area contributed by atoms with Gasteiger partial charge in [-0.3, -0.25) is 14.2 Å². The maximum Gasteiger partial charge on any atom is 0.435 e. The van der Waals surface area contributed by atoms with E-state index in [0.717, 1.165) is 24.6 Å². The SMILES string of the molecule is Cc1c(C(=O)NCCCn2nc(C(F)(F)F)cc2C2CC2)cnn1C. The predicted octanol–water partition coefficient (Wildman–Crippen LogP) is 2.64. The number of aryl methyl sites for hydroxylation is 2. The third-order valence-corrected chi connectivity index (χ3v) is 4.41. The van der Waals surface area contributed by atoms with Crippen LogP contribution in [0.15, 0.2) is 12.3 Å². The van der Waals surface area contributed by atoms with E-state index in [9.17, 15) is 18.0 Å². The predicted molar refractivity (Wildman–Crippen MR) is 84.1 cm³/mol. The zero-order chi connectivity index (χ0) is 18.2. The van der Waals surface area contributed by atoms with Gasteiger partial charge in [-0.05, 0) is 32.3 Å². The fourth-order valence-corrected chi connectivity index (χ4v) is 2.70. The van der Waals surface area contributed by atoms with Gasteiger partial charge in [0, 0.05) is 37.4 Å². The van der Waals surface area contributed by atoms with Gasteiger partial charge in [-0.25, -0.2) is 0 Å². The van der Waals surface area contributed by atoms with E-state index in [1.165, 1.54) is 10.9 Å². The Morgan fingerprint density at radius 1 is 1.40 bits per heavy atom. The molecule has 3 rings (SSSR count). The number of halogens is 3. The molecule has 0 unspecified atom stereocenters. The van der Waals surface area contributed by atoms with E-state index in [-0.39, 0.29) is 11.8 Å². The third-order valence-electron chi connectivity index (χ3n) is 4.41. The van der Waals surface area contributed by atoms with E-state index < -0.39 is 11.9 Å². The molecule has 25 heavy (non-hydrogen) atoms. The first kappa shape index (κ1) is 17.5. The van der Waals surface area contributed by atoms with E-state index >= 15 is 0 Å². The number of hydrogen-bond acceptors (Lipinski definition) is 3. The molecule has 0 radical (unpaired) electrons. The number of hydrogen-bond donors (Lipinski definition) is 1. The molecule has 9 heteroatoms. The zero-order valence-electron chi connectivity index (χ0n) is 14.1. The third kappa shape index (κ3) is 3.85. The Labute approximate surface area is 143 Å². The number of carbonyl (C=O) groups excluding carboxylic acids is 1. The maximum atomic E-state index is 12.8. The van der Waals surface area contributed by atoms with Gasteiger partial charge in [0.1, 0.15) is 0 Å². The second-order valence-electron chi connectivity index (χ2n) is 6.33. The van der Waals surface area contributed by atoms with Gasteiger partial charge in [-0.1, -0.05) is 0 Å². The summed E-state index contributed by atoms with van der Waals surface area (Å²) in [6, 6.07) is 1.15. The molecule has 1 aliphatic carbocycles. The monoisotopic (exact) mass is 355 g/mol. The molecule has 0 saturated heterocycles. The van der Waals surface area contributed by atoms with Gasteiger partial charge >= 0.3 is 6.18 Å². The minimum atomic E-state index is -4.43. The van der Waals surface area contributed by atoms with Gasteiger partial charge in [0.25, 0.3) is 5.91 Å². The van der Waals surface area contributed by atoms with Gasteiger partial charge in [-0.15, -0.1) is 0 Å². The Morgan fingerprint density at radius 2 is 2.12 bits per heavy atom. The normalized spacial score (nSPS) is 14.8. The topological polar surface area (TPSA) is 64.7 Å². The summed E-state index contributed by atoms with van der Waals surface area (Å²) in [5.74, 6) is -0.0549. The van der Waals surface area contributed by atoms with Gasteiger partial charge in [0.15, 0.2) is 5.69 Å². The first-order valence-electron chi connectivity index (χ1n) is 8.19. The van der Waals surface area contributed by atoms with E-state index in [1.807, 2.05) is 0 Å². The molecule has 0 atom stereocenters. The van der Waals surface area contributed by atoms with E-state index in [0.29, 0.717) is 30.8 Å². The van der Waals surface area contributed by atoms with Crippen molar-refractivity contribution < 1.29 is 18.0 Å². The van der Waals surface area contributed by atoms with Crippen LogP contribution >= 0.6 is 0 Å². The number of nitrogens with one attached hydrogen (secondary N) is 1. The molecular weight excluding hydrogens is 335 g/mol. The quantitative estimate of drug-likeness (QED) is 0.810. The summed E-state index contributed by atoms with van der Waals surface area (Å²) in [6.45, 7) is 2.50. The van der Waals surface area contributed by atoms with Crippen molar-refractivity contribution in [3.05, 3.63) is 34.9 Å². The standard InChI is InChI=1S/C16H20F3N5O/c1-10-12(9-21-23(10)2)15(25)20-6-3-7-24-13(11-4-5-11)8-14(22-24)16(17,18)19/h8-9,11H,3-7H2,1-2H3,(H,20,25). The Balaban J connectivity index is 1.56. The molecule has 2 aromatic rings. The number of carbonyl (C=O) groups is 1. The van der Waals surface area contributed by atoms with Crippen LogP contribution in [0, 0.1) is 6.92 Å². The van der Waals surface area contributed by atoms with Gasteiger partial charge < -0.3 is 5.32 Å². The molecule has 1 aliphatic rings. The molecule has 6 nitrogen and oxygen atoms in total. The Hall–Kier alpha value is -2.32. The van der Waals surface area contributed by atoms with Gasteiger partial charge in [0.05, 0.1) is 11.8 Å². The summed E-state index contributed by atoms with van der Waals surface area (Å²) in [7, 11) is 1.75. The molecule has 0 spiro atoms. The molecule has 0 bridgehead atoms. The van der Waals surface area contributed by atoms with Crippen molar-refractivity contribution in [1.29, 1.82) is 0 Å². The highest BCUT2D eigenvalue weighted by Crippen LogP contribution is 2.42. The van der Waals surface area contributed by atoms with Crippen LogP contribution in [-0.4, -0.2) is 32.0 Å². The average molecular weight is 355 g/mol. The van der Waals surface area contributed by atoms with Crippen molar-refractivity contribution in [2.75, 3.05) is 6.54 Å². The van der Waals surface area contributed by atoms with Gasteiger partial charge in [0.2, 0.25) is 0 Å². The summed E-state index contributed by atoms with van der Waals surface area (Å²) >= 11 is 0. The Kier molecular flexibility index (Phi) is 4.57. The second-order valence-corrected chi connectivity index (χ2v) is 6.33. The summed E-state index contributed by atoms with van der Waals surface area (Å²) in [4.78, 5) is 12.1. The lowest BCUT2D eigenvalue weighted by atomic mass is 10.2. The first-order chi connectivity index (χ1) is 11.8. The van der Waals surface area contributed by atoms with Crippen LogP contribution in [-0.2, 0) is 19.8 Å². The maximum absolute atomic E-state index is 12.8. The lowest BCUT2D eigenvalue weighted by Gasteiger charge is -2.08. The molecule has 0 aromatic carbocycles. The Morgan fingerprint density at radius 3 is 2.68 bits per heavy atom. The lowest BCUT2D eigenvalue weighted by molar-refractivity contribution is -0.141. The summed E-state index contributed by atoms with van der Waals surface area (Å²) < 4.78 is 41.6. The molecule has 136 valence electrons. The molecule has 1 saturated carbocycles. The number of aromatic nitrogens is 4. The average Bonchev–Trinajstić information content (AvgIpc) is 3.20. The van der Waals surface area contributed by atoms with Crippen LogP contribution in [0.2, 0.25) is 0 Å². The fourth-order valence-electron chi connectivity index (χ4n) is 2.70. The van der Waals surface area contributed by atoms with Crippen LogP contribution in [0.4, 0.5) is 13.2 Å². The fraction of sp³-hybridized carbons (Fsp3) is 0.562. The molecule has 1 amide bonds. The highest BCUT2D eigenvalue weighted by Gasteiger charge is 2.37. The van der Waals surface area contributed by atoms with Crippen LogP contribution in [0.5, 0.6) is 0 Å². The van der Waals surface area contributed by atoms with Crippen molar-refractivity contribution in [2.24, 2.45) is 7.05 Å². The van der Waals surface area contributed by atoms with Crippen LogP contribution < -0.4 is 5.32 Å². The van der Waals surface area contributed by atoms with Crippen molar-refractivity contribution in [3.63, 3.8) is 0 Å². The highest BCUT2D eigenvalue weighted by molar-refractivity contribution is 5.94. The number of alkyl halides is 3. The van der Waals surface area contributed by atoms with E-state index in [4.69, 9.17) is 0 Å². The second kappa shape index (κ2) is 6.53. The largest absolute Gasteiger partial charge is 0.435 e. The molecule has 0 aliphatic heterocycles. The molecule has 1 N–H and O–H groups in total. The molecule has 2 heterocycles. The lowest BCUT2D eigenvalue weighted by Crippen LogP contribution is -2.26.